The molecule has 0 aromatic heterocycles. The second-order valence-electron chi connectivity index (χ2n) is 6.52. The molecule has 0 aliphatic carbocycles. The van der Waals surface area contributed by atoms with Crippen LogP contribution in [0.2, 0.25) is 0 Å². The zero-order valence-corrected chi connectivity index (χ0v) is 13.7. The number of fused-ring (bicyclic) bond motifs is 1. The van der Waals surface area contributed by atoms with Crippen LogP contribution in [0.5, 0.6) is 0 Å². The van der Waals surface area contributed by atoms with Gasteiger partial charge in [-0.15, -0.1) is 6.42 Å². The highest BCUT2D eigenvalue weighted by molar-refractivity contribution is 5.75. The van der Waals surface area contributed by atoms with E-state index in [0.29, 0.717) is 6.54 Å². The molecule has 2 fully saturated rings. The minimum absolute atomic E-state index is 0.0184. The number of esters is 2. The molecule has 2 heterocycles. The van der Waals surface area contributed by atoms with Crippen molar-refractivity contribution in [1.29, 1.82) is 0 Å². The number of terminal acetylenes is 1. The van der Waals surface area contributed by atoms with Crippen LogP contribution < -0.4 is 0 Å². The monoisotopic (exact) mass is 366 g/mol. The minimum atomic E-state index is -5.09. The van der Waals surface area contributed by atoms with Gasteiger partial charge >= 0.3 is 18.1 Å². The quantitative estimate of drug-likeness (QED) is 0.384. The van der Waals surface area contributed by atoms with E-state index < -0.39 is 42.5 Å². The molecule has 0 bridgehead atoms. The molecule has 2 rings (SSSR count). The first-order chi connectivity index (χ1) is 11.5. The molecule has 2 aliphatic rings. The van der Waals surface area contributed by atoms with E-state index in [1.165, 1.54) is 0 Å². The van der Waals surface area contributed by atoms with Crippen LogP contribution >= 0.6 is 0 Å². The molecule has 7 nitrogen and oxygen atoms in total. The van der Waals surface area contributed by atoms with Gasteiger partial charge in [-0.1, -0.05) is 0 Å². The lowest BCUT2D eigenvalue weighted by atomic mass is 10.1. The number of carbonyl (C=O) groups is 2. The summed E-state index contributed by atoms with van der Waals surface area (Å²) in [5, 5.41) is 0. The number of alkyl halides is 3. The van der Waals surface area contributed by atoms with Crippen LogP contribution in [0.1, 0.15) is 0 Å². The van der Waals surface area contributed by atoms with Crippen molar-refractivity contribution in [3.05, 3.63) is 0 Å². The molecule has 10 heteroatoms. The van der Waals surface area contributed by atoms with Crippen molar-refractivity contribution in [2.24, 2.45) is 0 Å². The molecule has 0 aromatic rings. The van der Waals surface area contributed by atoms with E-state index in [4.69, 9.17) is 20.6 Å². The number of nitrogens with zero attached hydrogens (tertiary/aromatic N) is 1. The fourth-order valence-electron chi connectivity index (χ4n) is 2.69. The molecule has 2 aliphatic heterocycles. The zero-order chi connectivity index (χ0) is 18.8. The summed E-state index contributed by atoms with van der Waals surface area (Å²) < 4.78 is 57.3. The maximum atomic E-state index is 12.3. The van der Waals surface area contributed by atoms with Gasteiger partial charge in [0.15, 0.2) is 18.8 Å². The number of rotatable bonds is 5. The fraction of sp³-hybridized carbons (Fsp3) is 0.733. The number of ether oxygens (including phenoxy) is 4. The van der Waals surface area contributed by atoms with Crippen molar-refractivity contribution in [3.8, 4) is 12.3 Å². The van der Waals surface area contributed by atoms with Gasteiger partial charge < -0.3 is 23.4 Å². The molecule has 2 saturated heterocycles. The standard InChI is InChI=1S/C15H19F3NO6/c1-4-5-19(2,3)6-11(20)24-9-7-22-13-10(8-23-12(9)13)25-14(21)15(16,17)18/h1,9-10,12-13H,5-8H2,2-3H3/q+1/t9-,10+,12+,13+/m0/s1. The Morgan fingerprint density at radius 3 is 2.16 bits per heavy atom. The Balaban J connectivity index is 1.89. The highest BCUT2D eigenvalue weighted by atomic mass is 19.4. The third-order valence-corrected chi connectivity index (χ3v) is 3.81. The Morgan fingerprint density at radius 2 is 1.68 bits per heavy atom. The van der Waals surface area contributed by atoms with Crippen molar-refractivity contribution in [2.45, 2.75) is 30.6 Å². The first-order valence-corrected chi connectivity index (χ1v) is 7.49. The van der Waals surface area contributed by atoms with Crippen LogP contribution in [0.25, 0.3) is 0 Å². The summed E-state index contributed by atoms with van der Waals surface area (Å²) in [5.74, 6) is -0.385. The summed E-state index contributed by atoms with van der Waals surface area (Å²) in [5.41, 5.74) is 0. The smallest absolute Gasteiger partial charge is 0.453 e. The molecule has 4 atom stereocenters. The van der Waals surface area contributed by atoms with Crippen LogP contribution in [0.4, 0.5) is 13.2 Å². The number of likely N-dealkylation sites (N-methyl/N-ethyl adjacent to an activating group) is 1. The number of halogens is 3. The molecule has 0 unspecified atom stereocenters. The average Bonchev–Trinajstić information content (AvgIpc) is 3.01. The Kier molecular flexibility index (Phi) is 5.61. The summed E-state index contributed by atoms with van der Waals surface area (Å²) in [6, 6.07) is 0. The van der Waals surface area contributed by atoms with Gasteiger partial charge in [0.05, 0.1) is 27.3 Å². The van der Waals surface area contributed by atoms with E-state index in [9.17, 15) is 22.8 Å². The van der Waals surface area contributed by atoms with Crippen LogP contribution in [-0.2, 0) is 28.5 Å². The summed E-state index contributed by atoms with van der Waals surface area (Å²) in [6.45, 7) is 0.0342. The Labute approximate surface area is 142 Å². The van der Waals surface area contributed by atoms with Gasteiger partial charge in [-0.2, -0.15) is 13.2 Å². The molecular weight excluding hydrogens is 347 g/mol. The summed E-state index contributed by atoms with van der Waals surface area (Å²) >= 11 is 0. The number of hydrogen-bond donors (Lipinski definition) is 0. The van der Waals surface area contributed by atoms with Crippen molar-refractivity contribution in [2.75, 3.05) is 40.4 Å². The van der Waals surface area contributed by atoms with Gasteiger partial charge in [-0.25, -0.2) is 9.59 Å². The van der Waals surface area contributed by atoms with Crippen molar-refractivity contribution < 1.29 is 46.2 Å². The summed E-state index contributed by atoms with van der Waals surface area (Å²) in [4.78, 5) is 22.9. The normalized spacial score (nSPS) is 29.0. The highest BCUT2D eigenvalue weighted by Crippen LogP contribution is 2.32. The van der Waals surface area contributed by atoms with E-state index in [1.54, 1.807) is 14.1 Å². The zero-order valence-electron chi connectivity index (χ0n) is 13.7. The van der Waals surface area contributed by atoms with Gasteiger partial charge in [-0.3, -0.25) is 0 Å². The second-order valence-corrected chi connectivity index (χ2v) is 6.52. The van der Waals surface area contributed by atoms with Gasteiger partial charge in [0.25, 0.3) is 0 Å². The first kappa shape index (κ1) is 19.5. The fourth-order valence-corrected chi connectivity index (χ4v) is 2.69. The van der Waals surface area contributed by atoms with Crippen LogP contribution in [0.3, 0.4) is 0 Å². The van der Waals surface area contributed by atoms with Crippen molar-refractivity contribution >= 4 is 11.9 Å². The van der Waals surface area contributed by atoms with E-state index in [2.05, 4.69) is 10.7 Å². The SMILES string of the molecule is C#CC[N+](C)(C)CC(=O)O[C@H]1CO[C@H]2[C@@H]1OC[C@H]2OC(=O)C(F)(F)F. The third kappa shape index (κ3) is 4.84. The van der Waals surface area contributed by atoms with Crippen LogP contribution in [0, 0.1) is 12.3 Å². The third-order valence-electron chi connectivity index (χ3n) is 3.81. The lowest BCUT2D eigenvalue weighted by Crippen LogP contribution is -2.46. The van der Waals surface area contributed by atoms with Gasteiger partial charge in [0.2, 0.25) is 0 Å². The van der Waals surface area contributed by atoms with Gasteiger partial charge in [0.1, 0.15) is 18.8 Å². The Hall–Kier alpha value is -1.83. The lowest BCUT2D eigenvalue weighted by Gasteiger charge is -2.27. The number of carbonyl (C=O) groups excluding carboxylic acids is 2. The molecule has 0 amide bonds. The summed E-state index contributed by atoms with van der Waals surface area (Å²) in [6.07, 6.45) is -3.53. The molecule has 0 N–H and O–H groups in total. The maximum absolute atomic E-state index is 12.3. The van der Waals surface area contributed by atoms with E-state index in [1.807, 2.05) is 0 Å². The molecular formula is C15H19F3NO6+. The predicted octanol–water partition coefficient (Wildman–Crippen LogP) is -0.120. The van der Waals surface area contributed by atoms with Gasteiger partial charge in [0, 0.05) is 0 Å². The van der Waals surface area contributed by atoms with Crippen molar-refractivity contribution in [1.82, 2.24) is 0 Å². The topological polar surface area (TPSA) is 71.1 Å². The predicted molar refractivity (Wildman–Crippen MR) is 76.0 cm³/mol. The number of quaternary nitrogens is 1. The van der Waals surface area contributed by atoms with Gasteiger partial charge in [-0.05, 0) is 5.92 Å². The molecule has 140 valence electrons. The van der Waals surface area contributed by atoms with Crippen LogP contribution in [-0.4, -0.2) is 87.4 Å². The van der Waals surface area contributed by atoms with Crippen molar-refractivity contribution in [3.63, 3.8) is 0 Å². The maximum Gasteiger partial charge on any atom is 0.490 e. The largest absolute Gasteiger partial charge is 0.490 e. The lowest BCUT2D eigenvalue weighted by molar-refractivity contribution is -0.875. The van der Waals surface area contributed by atoms with E-state index >= 15 is 0 Å². The second kappa shape index (κ2) is 7.19. The molecule has 0 aromatic carbocycles. The Morgan fingerprint density at radius 1 is 1.16 bits per heavy atom. The van der Waals surface area contributed by atoms with Crippen LogP contribution in [0.15, 0.2) is 0 Å². The highest BCUT2D eigenvalue weighted by Gasteiger charge is 2.53. The molecule has 0 spiro atoms. The first-order valence-electron chi connectivity index (χ1n) is 7.49. The molecule has 0 radical (unpaired) electrons. The molecule has 0 saturated carbocycles. The van der Waals surface area contributed by atoms with E-state index in [-0.39, 0.29) is 24.2 Å². The van der Waals surface area contributed by atoms with E-state index in [0.717, 1.165) is 0 Å². The Bertz CT molecular complexity index is 571. The number of hydrogen-bond acceptors (Lipinski definition) is 6. The molecule has 25 heavy (non-hydrogen) atoms. The average molecular weight is 366 g/mol. The minimum Gasteiger partial charge on any atom is -0.453 e. The summed E-state index contributed by atoms with van der Waals surface area (Å²) in [7, 11) is 3.52.